The first-order chi connectivity index (χ1) is 9.86. The second kappa shape index (κ2) is 5.98. The lowest BCUT2D eigenvalue weighted by Gasteiger charge is -2.19. The van der Waals surface area contributed by atoms with Gasteiger partial charge in [0.1, 0.15) is 18.9 Å². The molecule has 0 bridgehead atoms. The molecule has 0 aromatic rings. The summed E-state index contributed by atoms with van der Waals surface area (Å²) in [4.78, 5) is 36.0. The van der Waals surface area contributed by atoms with Crippen molar-refractivity contribution < 1.29 is 14.4 Å². The molecule has 0 aromatic heterocycles. The van der Waals surface area contributed by atoms with Crippen molar-refractivity contribution in [1.82, 2.24) is 26.3 Å². The van der Waals surface area contributed by atoms with E-state index >= 15 is 0 Å². The van der Waals surface area contributed by atoms with E-state index in [1.54, 1.807) is 0 Å². The maximum atomic E-state index is 11.8. The van der Waals surface area contributed by atoms with Gasteiger partial charge in [-0.25, -0.2) is 15.0 Å². The molecule has 2 aliphatic rings. The Balaban J connectivity index is 1.87. The lowest BCUT2D eigenvalue weighted by atomic mass is 10.1. The maximum absolute atomic E-state index is 11.8. The Morgan fingerprint density at radius 3 is 2.71 bits per heavy atom. The Kier molecular flexibility index (Phi) is 4.29. The first-order valence-electron chi connectivity index (χ1n) is 6.83. The molecule has 2 unspecified atom stereocenters. The number of nitrogens with one attached hydrogen (secondary N) is 4. The van der Waals surface area contributed by atoms with Gasteiger partial charge in [-0.15, -0.1) is 0 Å². The predicted molar refractivity (Wildman–Crippen MR) is 75.2 cm³/mol. The van der Waals surface area contributed by atoms with Gasteiger partial charge in [-0.3, -0.25) is 9.69 Å². The van der Waals surface area contributed by atoms with Gasteiger partial charge in [0.2, 0.25) is 0 Å². The Bertz CT molecular complexity index is 489. The summed E-state index contributed by atoms with van der Waals surface area (Å²) in [6, 6.07) is -0.781. The Morgan fingerprint density at radius 1 is 1.33 bits per heavy atom. The lowest BCUT2D eigenvalue weighted by molar-refractivity contribution is -0.121. The Labute approximate surface area is 122 Å². The average Bonchev–Trinajstić information content (AvgIpc) is 2.84. The molecule has 0 radical (unpaired) electrons. The molecule has 2 aliphatic heterocycles. The van der Waals surface area contributed by atoms with Crippen molar-refractivity contribution in [2.75, 3.05) is 6.54 Å². The number of nitrogens with zero attached hydrogens (tertiary/aromatic N) is 2. The van der Waals surface area contributed by atoms with Gasteiger partial charge < -0.3 is 16.0 Å². The lowest BCUT2D eigenvalue weighted by Crippen LogP contribution is -2.47. The van der Waals surface area contributed by atoms with Crippen molar-refractivity contribution in [3.63, 3.8) is 0 Å². The number of hydrazone groups is 1. The van der Waals surface area contributed by atoms with Gasteiger partial charge >= 0.3 is 12.1 Å². The van der Waals surface area contributed by atoms with Crippen LogP contribution in [-0.4, -0.2) is 47.5 Å². The van der Waals surface area contributed by atoms with Crippen LogP contribution in [-0.2, 0) is 4.79 Å². The molecule has 2 saturated heterocycles. The Morgan fingerprint density at radius 2 is 2.05 bits per heavy atom. The highest BCUT2D eigenvalue weighted by molar-refractivity contribution is 5.89. The summed E-state index contributed by atoms with van der Waals surface area (Å²) < 4.78 is 0. The van der Waals surface area contributed by atoms with Crippen LogP contribution in [0.25, 0.3) is 0 Å². The van der Waals surface area contributed by atoms with Gasteiger partial charge in [-0.05, 0) is 19.3 Å². The van der Waals surface area contributed by atoms with Crippen LogP contribution in [0.15, 0.2) is 5.10 Å². The van der Waals surface area contributed by atoms with E-state index in [4.69, 9.17) is 0 Å². The zero-order chi connectivity index (χ0) is 15.6. The molecule has 21 heavy (non-hydrogen) atoms. The van der Waals surface area contributed by atoms with Gasteiger partial charge in [0.05, 0.1) is 0 Å². The summed E-state index contributed by atoms with van der Waals surface area (Å²) in [6.45, 7) is 5.78. The SMILES string of the molecule is CC(CC(C)C)=NNC(=O)CN1C(=O)NC2NC(=O)NC21. The second-order valence-corrected chi connectivity index (χ2v) is 5.60. The molecular weight excluding hydrogens is 276 g/mol. The number of amides is 5. The second-order valence-electron chi connectivity index (χ2n) is 5.60. The summed E-state index contributed by atoms with van der Waals surface area (Å²) in [5.74, 6) is 0.0469. The van der Waals surface area contributed by atoms with Crippen molar-refractivity contribution in [3.05, 3.63) is 0 Å². The quantitative estimate of drug-likeness (QED) is 0.405. The van der Waals surface area contributed by atoms with E-state index in [0.29, 0.717) is 5.92 Å². The third-order valence-corrected chi connectivity index (χ3v) is 3.15. The van der Waals surface area contributed by atoms with Gasteiger partial charge in [0.15, 0.2) is 0 Å². The summed E-state index contributed by atoms with van der Waals surface area (Å²) in [5, 5.41) is 11.7. The molecule has 9 heteroatoms. The largest absolute Gasteiger partial charge is 0.321 e. The normalized spacial score (nSPS) is 24.6. The van der Waals surface area contributed by atoms with E-state index in [0.717, 1.165) is 12.1 Å². The zero-order valence-corrected chi connectivity index (χ0v) is 12.3. The fourth-order valence-electron chi connectivity index (χ4n) is 2.35. The minimum absolute atomic E-state index is 0.173. The fraction of sp³-hybridized carbons (Fsp3) is 0.667. The first-order valence-corrected chi connectivity index (χ1v) is 6.83. The van der Waals surface area contributed by atoms with Crippen LogP contribution < -0.4 is 21.4 Å². The van der Waals surface area contributed by atoms with Crippen LogP contribution >= 0.6 is 0 Å². The van der Waals surface area contributed by atoms with E-state index in [1.807, 2.05) is 6.92 Å². The van der Waals surface area contributed by atoms with Gasteiger partial charge in [0, 0.05) is 5.71 Å². The summed E-state index contributed by atoms with van der Waals surface area (Å²) in [7, 11) is 0. The molecule has 0 saturated carbocycles. The standard InChI is InChI=1S/C12H20N6O3/c1-6(2)4-7(3)16-17-8(19)5-18-10-9(14-12(18)21)13-11(20)15-10/h6,9-10H,4-5H2,1-3H3,(H,14,21)(H,17,19)(H2,13,15,20). The maximum Gasteiger partial charge on any atom is 0.321 e. The van der Waals surface area contributed by atoms with Crippen molar-refractivity contribution in [2.45, 2.75) is 39.5 Å². The highest BCUT2D eigenvalue weighted by atomic mass is 16.2. The van der Waals surface area contributed by atoms with Crippen LogP contribution in [0.5, 0.6) is 0 Å². The van der Waals surface area contributed by atoms with Crippen LogP contribution in [0.2, 0.25) is 0 Å². The number of carbonyl (C=O) groups is 3. The molecular formula is C12H20N6O3. The van der Waals surface area contributed by atoms with Gasteiger partial charge in [0.25, 0.3) is 5.91 Å². The minimum Gasteiger partial charge on any atom is -0.314 e. The van der Waals surface area contributed by atoms with Gasteiger partial charge in [-0.1, -0.05) is 13.8 Å². The third-order valence-electron chi connectivity index (χ3n) is 3.15. The monoisotopic (exact) mass is 296 g/mol. The molecule has 0 aliphatic carbocycles. The van der Waals surface area contributed by atoms with Crippen LogP contribution in [0.4, 0.5) is 9.59 Å². The number of rotatable bonds is 5. The van der Waals surface area contributed by atoms with Gasteiger partial charge in [-0.2, -0.15) is 5.10 Å². The summed E-state index contributed by atoms with van der Waals surface area (Å²) in [5.41, 5.74) is 3.24. The van der Waals surface area contributed by atoms with Crippen LogP contribution in [0, 0.1) is 5.92 Å². The molecule has 0 spiro atoms. The van der Waals surface area contributed by atoms with E-state index in [2.05, 4.69) is 40.3 Å². The first kappa shape index (κ1) is 15.1. The number of hydrogen-bond donors (Lipinski definition) is 4. The van der Waals surface area contributed by atoms with Crippen molar-refractivity contribution >= 4 is 23.7 Å². The Hall–Kier alpha value is -2.32. The van der Waals surface area contributed by atoms with Crippen molar-refractivity contribution in [1.29, 1.82) is 0 Å². The topological polar surface area (TPSA) is 115 Å². The van der Waals surface area contributed by atoms with Crippen LogP contribution in [0.1, 0.15) is 27.2 Å². The van der Waals surface area contributed by atoms with Crippen molar-refractivity contribution in [2.24, 2.45) is 11.0 Å². The number of urea groups is 2. The van der Waals surface area contributed by atoms with E-state index in [1.165, 1.54) is 4.90 Å². The molecule has 9 nitrogen and oxygen atoms in total. The molecule has 2 fully saturated rings. The zero-order valence-electron chi connectivity index (χ0n) is 12.3. The summed E-state index contributed by atoms with van der Waals surface area (Å²) in [6.07, 6.45) is -0.282. The average molecular weight is 296 g/mol. The summed E-state index contributed by atoms with van der Waals surface area (Å²) >= 11 is 0. The molecule has 0 aromatic carbocycles. The minimum atomic E-state index is -0.559. The van der Waals surface area contributed by atoms with E-state index in [9.17, 15) is 14.4 Å². The molecule has 4 N–H and O–H groups in total. The van der Waals surface area contributed by atoms with E-state index < -0.39 is 24.3 Å². The molecule has 2 heterocycles. The highest BCUT2D eigenvalue weighted by Gasteiger charge is 2.45. The molecule has 116 valence electrons. The van der Waals surface area contributed by atoms with E-state index in [-0.39, 0.29) is 12.6 Å². The molecule has 2 atom stereocenters. The van der Waals surface area contributed by atoms with Crippen molar-refractivity contribution in [3.8, 4) is 0 Å². The fourth-order valence-corrected chi connectivity index (χ4v) is 2.35. The molecule has 2 rings (SSSR count). The van der Waals surface area contributed by atoms with Crippen LogP contribution in [0.3, 0.4) is 0 Å². The smallest absolute Gasteiger partial charge is 0.314 e. The third kappa shape index (κ3) is 3.61. The highest BCUT2D eigenvalue weighted by Crippen LogP contribution is 2.13. The number of carbonyl (C=O) groups excluding carboxylic acids is 3. The number of hydrogen-bond acceptors (Lipinski definition) is 4. The number of fused-ring (bicyclic) bond motifs is 1. The molecule has 5 amide bonds. The predicted octanol–water partition coefficient (Wildman–Crippen LogP) is -0.485.